The Morgan fingerprint density at radius 3 is 2.42 bits per heavy atom. The van der Waals surface area contributed by atoms with E-state index in [0.29, 0.717) is 49.3 Å². The van der Waals surface area contributed by atoms with Gasteiger partial charge in [0.1, 0.15) is 17.6 Å². The van der Waals surface area contributed by atoms with E-state index in [1.165, 1.54) is 0 Å². The van der Waals surface area contributed by atoms with Crippen molar-refractivity contribution in [3.63, 3.8) is 0 Å². The summed E-state index contributed by atoms with van der Waals surface area (Å²) in [5.74, 6) is 2.04. The highest BCUT2D eigenvalue weighted by atomic mass is 16.5. The van der Waals surface area contributed by atoms with Crippen LogP contribution in [0.4, 0.5) is 5.88 Å². The van der Waals surface area contributed by atoms with E-state index in [2.05, 4.69) is 11.1 Å². The molecule has 1 saturated heterocycles. The first-order chi connectivity index (χ1) is 16.1. The molecule has 3 aromatic rings. The second-order valence-corrected chi connectivity index (χ2v) is 7.40. The van der Waals surface area contributed by atoms with E-state index < -0.39 is 0 Å². The van der Waals surface area contributed by atoms with Gasteiger partial charge < -0.3 is 23.7 Å². The summed E-state index contributed by atoms with van der Waals surface area (Å²) in [4.78, 5) is 21.0. The van der Waals surface area contributed by atoms with E-state index in [4.69, 9.17) is 13.9 Å². The molecule has 1 aromatic heterocycles. The van der Waals surface area contributed by atoms with Crippen molar-refractivity contribution in [3.05, 3.63) is 71.2 Å². The number of anilines is 1. The van der Waals surface area contributed by atoms with Gasteiger partial charge >= 0.3 is 0 Å². The topological polar surface area (TPSA) is 91.8 Å². The van der Waals surface area contributed by atoms with Crippen molar-refractivity contribution in [1.82, 2.24) is 9.88 Å². The lowest BCUT2D eigenvalue weighted by Gasteiger charge is -2.34. The highest BCUT2D eigenvalue weighted by Crippen LogP contribution is 2.26. The largest absolute Gasteiger partial charge is 0.497 e. The molecule has 4 rings (SSSR count). The van der Waals surface area contributed by atoms with Crippen LogP contribution in [0, 0.1) is 11.3 Å². The molecule has 8 heteroatoms. The molecule has 168 valence electrons. The molecule has 0 spiro atoms. The van der Waals surface area contributed by atoms with Crippen LogP contribution in [0.25, 0.3) is 12.2 Å². The predicted octanol–water partition coefficient (Wildman–Crippen LogP) is 3.70. The number of para-hydroxylation sites is 1. The van der Waals surface area contributed by atoms with E-state index in [1.54, 1.807) is 37.3 Å². The molecule has 0 radical (unpaired) electrons. The quantitative estimate of drug-likeness (QED) is 0.572. The number of nitriles is 1. The number of hydrogen-bond donors (Lipinski definition) is 0. The maximum absolute atomic E-state index is 12.9. The Balaban J connectivity index is 1.44. The normalized spacial score (nSPS) is 13.7. The van der Waals surface area contributed by atoms with E-state index in [1.807, 2.05) is 47.4 Å². The van der Waals surface area contributed by atoms with Gasteiger partial charge in [0.05, 0.1) is 19.8 Å². The second kappa shape index (κ2) is 9.92. The number of methoxy groups -OCH3 is 2. The molecule has 1 fully saturated rings. The van der Waals surface area contributed by atoms with Gasteiger partial charge in [-0.3, -0.25) is 4.79 Å². The minimum Gasteiger partial charge on any atom is -0.497 e. The van der Waals surface area contributed by atoms with Crippen molar-refractivity contribution >= 4 is 23.9 Å². The monoisotopic (exact) mass is 444 g/mol. The summed E-state index contributed by atoms with van der Waals surface area (Å²) in [7, 11) is 3.18. The third-order valence-electron chi connectivity index (χ3n) is 5.46. The van der Waals surface area contributed by atoms with Crippen molar-refractivity contribution in [3.8, 4) is 17.6 Å². The second-order valence-electron chi connectivity index (χ2n) is 7.40. The molecule has 2 aromatic carbocycles. The number of ether oxygens (including phenoxy) is 2. The van der Waals surface area contributed by atoms with Crippen molar-refractivity contribution in [2.24, 2.45) is 0 Å². The first-order valence-corrected chi connectivity index (χ1v) is 10.5. The molecule has 8 nitrogen and oxygen atoms in total. The fraction of sp³-hybridized carbons (Fsp3) is 0.240. The Labute approximate surface area is 192 Å². The van der Waals surface area contributed by atoms with E-state index >= 15 is 0 Å². The van der Waals surface area contributed by atoms with Crippen LogP contribution in [0.15, 0.2) is 52.9 Å². The minimum absolute atomic E-state index is 0.0757. The smallest absolute Gasteiger partial charge is 0.257 e. The van der Waals surface area contributed by atoms with Crippen LogP contribution >= 0.6 is 0 Å². The number of carbonyl (C=O) groups excluding carboxylic acids is 1. The lowest BCUT2D eigenvalue weighted by Crippen LogP contribution is -2.49. The fourth-order valence-electron chi connectivity index (χ4n) is 3.67. The molecule has 1 aliphatic heterocycles. The van der Waals surface area contributed by atoms with Crippen LogP contribution in [0.1, 0.15) is 27.5 Å². The predicted molar refractivity (Wildman–Crippen MR) is 124 cm³/mol. The number of rotatable bonds is 6. The Kier molecular flexibility index (Phi) is 6.60. The lowest BCUT2D eigenvalue weighted by molar-refractivity contribution is 0.0742. The third-order valence-corrected chi connectivity index (χ3v) is 5.46. The average Bonchev–Trinajstić information content (AvgIpc) is 3.30. The van der Waals surface area contributed by atoms with E-state index in [0.717, 1.165) is 11.3 Å². The number of aromatic nitrogens is 1. The SMILES string of the molecule is COc1ccc(C=Cc2nc(C#N)c(N3CCN(C(=O)c4ccccc4OC)CC3)o2)cc1. The number of carbonyl (C=O) groups is 1. The summed E-state index contributed by atoms with van der Waals surface area (Å²) in [5, 5.41) is 9.54. The number of benzene rings is 2. The number of oxazole rings is 1. The molecule has 0 unspecified atom stereocenters. The third kappa shape index (κ3) is 4.83. The Bertz CT molecular complexity index is 1190. The van der Waals surface area contributed by atoms with Crippen molar-refractivity contribution in [2.45, 2.75) is 0 Å². The molecule has 2 heterocycles. The zero-order valence-corrected chi connectivity index (χ0v) is 18.5. The Morgan fingerprint density at radius 1 is 1.03 bits per heavy atom. The van der Waals surface area contributed by atoms with E-state index in [-0.39, 0.29) is 11.6 Å². The van der Waals surface area contributed by atoms with Crippen molar-refractivity contribution in [1.29, 1.82) is 5.26 Å². The van der Waals surface area contributed by atoms with Crippen LogP contribution in [-0.4, -0.2) is 56.2 Å². The van der Waals surface area contributed by atoms with Crippen molar-refractivity contribution < 1.29 is 18.7 Å². The Hall–Kier alpha value is -4.25. The van der Waals surface area contributed by atoms with Gasteiger partial charge in [0, 0.05) is 32.3 Å². The van der Waals surface area contributed by atoms with Crippen LogP contribution in [-0.2, 0) is 0 Å². The highest BCUT2D eigenvalue weighted by molar-refractivity contribution is 5.97. The van der Waals surface area contributed by atoms with Gasteiger partial charge in [0.2, 0.25) is 17.5 Å². The van der Waals surface area contributed by atoms with Crippen LogP contribution in [0.2, 0.25) is 0 Å². The zero-order chi connectivity index (χ0) is 23.2. The van der Waals surface area contributed by atoms with Crippen molar-refractivity contribution in [2.75, 3.05) is 45.3 Å². The summed E-state index contributed by atoms with van der Waals surface area (Å²) in [6.45, 7) is 2.07. The van der Waals surface area contributed by atoms with Gasteiger partial charge in [0.15, 0.2) is 0 Å². The van der Waals surface area contributed by atoms with E-state index in [9.17, 15) is 10.1 Å². The molecule has 0 N–H and O–H groups in total. The highest BCUT2D eigenvalue weighted by Gasteiger charge is 2.27. The van der Waals surface area contributed by atoms with Gasteiger partial charge in [-0.1, -0.05) is 24.3 Å². The van der Waals surface area contributed by atoms with Crippen LogP contribution in [0.5, 0.6) is 11.5 Å². The van der Waals surface area contributed by atoms with Gasteiger partial charge in [-0.25, -0.2) is 0 Å². The fourth-order valence-corrected chi connectivity index (χ4v) is 3.67. The number of amides is 1. The Morgan fingerprint density at radius 2 is 1.76 bits per heavy atom. The molecular formula is C25H24N4O4. The zero-order valence-electron chi connectivity index (χ0n) is 18.5. The standard InChI is InChI=1S/C25H24N4O4/c1-31-19-10-7-18(8-11-19)9-12-23-27-21(17-26)25(33-23)29-15-13-28(14-16-29)24(30)20-5-3-4-6-22(20)32-2/h3-12H,13-16H2,1-2H3. The maximum atomic E-state index is 12.9. The van der Waals surface area contributed by atoms with Crippen LogP contribution in [0.3, 0.4) is 0 Å². The first kappa shape index (κ1) is 22.0. The van der Waals surface area contributed by atoms with Gasteiger partial charge in [0.25, 0.3) is 5.91 Å². The average molecular weight is 444 g/mol. The summed E-state index contributed by atoms with van der Waals surface area (Å²) in [5.41, 5.74) is 1.73. The summed E-state index contributed by atoms with van der Waals surface area (Å²) < 4.78 is 16.4. The molecule has 33 heavy (non-hydrogen) atoms. The molecule has 1 amide bonds. The molecule has 1 aliphatic rings. The molecule has 0 bridgehead atoms. The summed E-state index contributed by atoms with van der Waals surface area (Å²) in [6.07, 6.45) is 3.59. The molecule has 0 saturated carbocycles. The van der Waals surface area contributed by atoms with Crippen LogP contribution < -0.4 is 14.4 Å². The first-order valence-electron chi connectivity index (χ1n) is 10.5. The summed E-state index contributed by atoms with van der Waals surface area (Å²) in [6, 6.07) is 16.9. The minimum atomic E-state index is -0.0757. The molecular weight excluding hydrogens is 420 g/mol. The lowest BCUT2D eigenvalue weighted by atomic mass is 10.1. The summed E-state index contributed by atoms with van der Waals surface area (Å²) >= 11 is 0. The molecule has 0 aliphatic carbocycles. The molecule has 0 atom stereocenters. The number of hydrogen-bond acceptors (Lipinski definition) is 7. The number of nitrogens with zero attached hydrogens (tertiary/aromatic N) is 4. The van der Waals surface area contributed by atoms with Gasteiger partial charge in [-0.05, 0) is 35.9 Å². The van der Waals surface area contributed by atoms with Gasteiger partial charge in [-0.2, -0.15) is 10.2 Å². The number of piperazine rings is 1. The van der Waals surface area contributed by atoms with Gasteiger partial charge in [-0.15, -0.1) is 0 Å². The maximum Gasteiger partial charge on any atom is 0.257 e.